The van der Waals surface area contributed by atoms with Gasteiger partial charge in [-0.15, -0.1) is 0 Å². The van der Waals surface area contributed by atoms with Crippen molar-refractivity contribution in [1.82, 2.24) is 5.32 Å². The number of amides is 1. The Hall–Kier alpha value is -2.13. The van der Waals surface area contributed by atoms with Crippen molar-refractivity contribution in [2.24, 2.45) is 0 Å². The number of carbonyl (C=O) groups is 1. The maximum absolute atomic E-state index is 11.8. The summed E-state index contributed by atoms with van der Waals surface area (Å²) in [5.41, 5.74) is 1.67. The highest BCUT2D eigenvalue weighted by Crippen LogP contribution is 2.03. The average molecular weight is 255 g/mol. The molecule has 0 saturated heterocycles. The van der Waals surface area contributed by atoms with Gasteiger partial charge in [-0.3, -0.25) is 4.79 Å². The van der Waals surface area contributed by atoms with Gasteiger partial charge in [-0.25, -0.2) is 0 Å². The van der Waals surface area contributed by atoms with E-state index in [0.29, 0.717) is 12.0 Å². The summed E-state index contributed by atoms with van der Waals surface area (Å²) in [5.74, 6) is -0.160. The molecule has 0 heterocycles. The summed E-state index contributed by atoms with van der Waals surface area (Å²) in [6.45, 7) is 0.253. The summed E-state index contributed by atoms with van der Waals surface area (Å²) >= 11 is 0. The average Bonchev–Trinajstić information content (AvgIpc) is 2.47. The van der Waals surface area contributed by atoms with Gasteiger partial charge in [0.05, 0.1) is 6.10 Å². The first-order valence-electron chi connectivity index (χ1n) is 6.31. The molecule has 0 radical (unpaired) electrons. The van der Waals surface area contributed by atoms with Crippen LogP contribution in [-0.4, -0.2) is 23.7 Å². The first-order valence-corrected chi connectivity index (χ1v) is 6.31. The molecule has 2 aromatic carbocycles. The second kappa shape index (κ2) is 6.71. The first-order chi connectivity index (χ1) is 9.25. The van der Waals surface area contributed by atoms with Crippen LogP contribution in [0.3, 0.4) is 0 Å². The maximum Gasteiger partial charge on any atom is 0.251 e. The van der Waals surface area contributed by atoms with Crippen LogP contribution >= 0.6 is 0 Å². The smallest absolute Gasteiger partial charge is 0.251 e. The molecule has 0 bridgehead atoms. The minimum atomic E-state index is -0.574. The standard InChI is InChI=1S/C16H17NO2/c18-15(11-13-7-3-1-4-8-13)12-17-16(19)14-9-5-2-6-10-14/h1-10,15,18H,11-12H2,(H,17,19). The zero-order valence-electron chi connectivity index (χ0n) is 10.6. The Kier molecular flexibility index (Phi) is 4.70. The third-order valence-electron chi connectivity index (χ3n) is 2.85. The summed E-state index contributed by atoms with van der Waals surface area (Å²) in [6, 6.07) is 18.7. The van der Waals surface area contributed by atoms with E-state index < -0.39 is 6.10 Å². The summed E-state index contributed by atoms with van der Waals surface area (Å²) in [6.07, 6.45) is -0.0364. The van der Waals surface area contributed by atoms with Crippen molar-refractivity contribution < 1.29 is 9.90 Å². The minimum absolute atomic E-state index is 0.160. The molecular formula is C16H17NO2. The summed E-state index contributed by atoms with van der Waals surface area (Å²) in [5, 5.41) is 12.6. The Morgan fingerprint density at radius 1 is 1.00 bits per heavy atom. The molecule has 19 heavy (non-hydrogen) atoms. The van der Waals surface area contributed by atoms with Crippen LogP contribution in [0.15, 0.2) is 60.7 Å². The van der Waals surface area contributed by atoms with Crippen LogP contribution in [0.2, 0.25) is 0 Å². The predicted molar refractivity (Wildman–Crippen MR) is 74.9 cm³/mol. The predicted octanol–water partition coefficient (Wildman–Crippen LogP) is 2.02. The lowest BCUT2D eigenvalue weighted by atomic mass is 10.1. The van der Waals surface area contributed by atoms with Gasteiger partial charge < -0.3 is 10.4 Å². The quantitative estimate of drug-likeness (QED) is 0.858. The number of rotatable bonds is 5. The molecule has 1 atom stereocenters. The molecule has 0 aliphatic heterocycles. The van der Waals surface area contributed by atoms with E-state index in [1.165, 1.54) is 0 Å². The van der Waals surface area contributed by atoms with Gasteiger partial charge in [0.1, 0.15) is 0 Å². The molecule has 0 aromatic heterocycles. The van der Waals surface area contributed by atoms with Gasteiger partial charge in [0.25, 0.3) is 5.91 Å². The van der Waals surface area contributed by atoms with Gasteiger partial charge in [0.2, 0.25) is 0 Å². The zero-order chi connectivity index (χ0) is 13.5. The van der Waals surface area contributed by atoms with Gasteiger partial charge in [0.15, 0.2) is 0 Å². The van der Waals surface area contributed by atoms with E-state index in [9.17, 15) is 9.90 Å². The van der Waals surface area contributed by atoms with Crippen molar-refractivity contribution in [1.29, 1.82) is 0 Å². The van der Waals surface area contributed by atoms with E-state index in [4.69, 9.17) is 0 Å². The molecule has 2 N–H and O–H groups in total. The van der Waals surface area contributed by atoms with Crippen molar-refractivity contribution in [2.75, 3.05) is 6.54 Å². The molecule has 2 aromatic rings. The van der Waals surface area contributed by atoms with E-state index in [2.05, 4.69) is 5.32 Å². The molecule has 0 spiro atoms. The van der Waals surface area contributed by atoms with Crippen molar-refractivity contribution in [3.8, 4) is 0 Å². The summed E-state index contributed by atoms with van der Waals surface area (Å²) in [7, 11) is 0. The number of aliphatic hydroxyl groups excluding tert-OH is 1. The maximum atomic E-state index is 11.8. The molecule has 2 rings (SSSR count). The van der Waals surface area contributed by atoms with Gasteiger partial charge in [-0.05, 0) is 17.7 Å². The highest BCUT2D eigenvalue weighted by molar-refractivity contribution is 5.94. The largest absolute Gasteiger partial charge is 0.391 e. The number of carbonyl (C=O) groups excluding carboxylic acids is 1. The third-order valence-corrected chi connectivity index (χ3v) is 2.85. The van der Waals surface area contributed by atoms with Crippen LogP contribution in [0.1, 0.15) is 15.9 Å². The highest BCUT2D eigenvalue weighted by Gasteiger charge is 2.09. The van der Waals surface area contributed by atoms with E-state index in [0.717, 1.165) is 5.56 Å². The lowest BCUT2D eigenvalue weighted by Crippen LogP contribution is -2.33. The SMILES string of the molecule is O=C(NCC(O)Cc1ccccc1)c1ccccc1. The Balaban J connectivity index is 1.81. The molecule has 0 aliphatic rings. The molecule has 1 amide bonds. The lowest BCUT2D eigenvalue weighted by molar-refractivity contribution is 0.0916. The molecule has 0 aliphatic carbocycles. The van der Waals surface area contributed by atoms with Gasteiger partial charge >= 0.3 is 0 Å². The van der Waals surface area contributed by atoms with E-state index in [1.54, 1.807) is 12.1 Å². The topological polar surface area (TPSA) is 49.3 Å². The van der Waals surface area contributed by atoms with Crippen molar-refractivity contribution in [2.45, 2.75) is 12.5 Å². The van der Waals surface area contributed by atoms with Crippen molar-refractivity contribution in [3.63, 3.8) is 0 Å². The van der Waals surface area contributed by atoms with Crippen LogP contribution in [-0.2, 0) is 6.42 Å². The van der Waals surface area contributed by atoms with Crippen LogP contribution in [0.25, 0.3) is 0 Å². The number of hydrogen-bond donors (Lipinski definition) is 2. The Morgan fingerprint density at radius 3 is 2.21 bits per heavy atom. The fourth-order valence-corrected chi connectivity index (χ4v) is 1.86. The molecule has 3 heteroatoms. The fourth-order valence-electron chi connectivity index (χ4n) is 1.86. The van der Waals surface area contributed by atoms with Crippen molar-refractivity contribution >= 4 is 5.91 Å². The van der Waals surface area contributed by atoms with Crippen LogP contribution in [0, 0.1) is 0 Å². The summed E-state index contributed by atoms with van der Waals surface area (Å²) in [4.78, 5) is 11.8. The second-order valence-electron chi connectivity index (χ2n) is 4.42. The van der Waals surface area contributed by atoms with Crippen LogP contribution < -0.4 is 5.32 Å². The fraction of sp³-hybridized carbons (Fsp3) is 0.188. The van der Waals surface area contributed by atoms with Crippen LogP contribution in [0.4, 0.5) is 0 Å². The lowest BCUT2D eigenvalue weighted by Gasteiger charge is -2.12. The number of hydrogen-bond acceptors (Lipinski definition) is 2. The summed E-state index contributed by atoms with van der Waals surface area (Å²) < 4.78 is 0. The van der Waals surface area contributed by atoms with E-state index in [1.807, 2.05) is 48.5 Å². The Morgan fingerprint density at radius 2 is 1.58 bits per heavy atom. The molecule has 1 unspecified atom stereocenters. The van der Waals surface area contributed by atoms with Crippen LogP contribution in [0.5, 0.6) is 0 Å². The number of aliphatic hydroxyl groups is 1. The molecule has 0 fully saturated rings. The van der Waals surface area contributed by atoms with E-state index >= 15 is 0 Å². The first kappa shape index (κ1) is 13.3. The Labute approximate surface area is 112 Å². The van der Waals surface area contributed by atoms with E-state index in [-0.39, 0.29) is 12.5 Å². The number of benzene rings is 2. The normalized spacial score (nSPS) is 11.8. The Bertz CT molecular complexity index is 511. The molecule has 3 nitrogen and oxygen atoms in total. The molecular weight excluding hydrogens is 238 g/mol. The monoisotopic (exact) mass is 255 g/mol. The molecule has 98 valence electrons. The zero-order valence-corrected chi connectivity index (χ0v) is 10.6. The highest BCUT2D eigenvalue weighted by atomic mass is 16.3. The van der Waals surface area contributed by atoms with Crippen molar-refractivity contribution in [3.05, 3.63) is 71.8 Å². The molecule has 0 saturated carbocycles. The minimum Gasteiger partial charge on any atom is -0.391 e. The second-order valence-corrected chi connectivity index (χ2v) is 4.42. The van der Waals surface area contributed by atoms with Gasteiger partial charge in [0, 0.05) is 18.5 Å². The third kappa shape index (κ3) is 4.23. The van der Waals surface area contributed by atoms with Gasteiger partial charge in [-0.1, -0.05) is 48.5 Å². The number of nitrogens with one attached hydrogen (secondary N) is 1. The van der Waals surface area contributed by atoms with Gasteiger partial charge in [-0.2, -0.15) is 0 Å².